The zero-order valence-electron chi connectivity index (χ0n) is 17.6. The molecule has 2 unspecified atom stereocenters. The minimum Gasteiger partial charge on any atom is -0.347 e. The molecule has 4 aromatic rings. The number of aromatic nitrogens is 3. The van der Waals surface area contributed by atoms with Crippen LogP contribution in [0.5, 0.6) is 0 Å². The van der Waals surface area contributed by atoms with Crippen LogP contribution in [0.2, 0.25) is 0 Å². The van der Waals surface area contributed by atoms with Crippen LogP contribution in [0.3, 0.4) is 0 Å². The summed E-state index contributed by atoms with van der Waals surface area (Å²) in [5, 5.41) is 5.07. The summed E-state index contributed by atoms with van der Waals surface area (Å²) in [7, 11) is 2.16. The maximum Gasteiger partial charge on any atom is 0.255 e. The Labute approximate surface area is 187 Å². The third-order valence-corrected chi connectivity index (χ3v) is 6.82. The maximum atomic E-state index is 12.9. The number of halogens is 1. The number of benzene rings is 1. The van der Waals surface area contributed by atoms with Gasteiger partial charge in [0, 0.05) is 66.3 Å². The van der Waals surface area contributed by atoms with Gasteiger partial charge in [-0.3, -0.25) is 14.3 Å². The molecule has 6 rings (SSSR count). The van der Waals surface area contributed by atoms with Crippen LogP contribution in [0.15, 0.2) is 59.7 Å². The Morgan fingerprint density at radius 2 is 1.94 bits per heavy atom. The number of hydrogen-bond acceptors (Lipinski definition) is 3. The molecule has 0 amide bonds. The van der Waals surface area contributed by atoms with Gasteiger partial charge in [0.1, 0.15) is 0 Å². The summed E-state index contributed by atoms with van der Waals surface area (Å²) in [6.45, 7) is 1.96. The molecule has 1 fully saturated rings. The Kier molecular flexibility index (Phi) is 4.76. The zero-order chi connectivity index (χ0) is 20.4. The molecule has 0 radical (unpaired) electrons. The first kappa shape index (κ1) is 20.0. The summed E-state index contributed by atoms with van der Waals surface area (Å²) in [5.41, 5.74) is 7.79. The molecule has 2 aliphatic heterocycles. The van der Waals surface area contributed by atoms with E-state index in [0.717, 1.165) is 28.9 Å². The first-order valence-electron chi connectivity index (χ1n) is 10.6. The molecule has 5 heterocycles. The van der Waals surface area contributed by atoms with Gasteiger partial charge in [-0.1, -0.05) is 12.1 Å². The van der Waals surface area contributed by atoms with Crippen LogP contribution in [-0.2, 0) is 13.5 Å². The van der Waals surface area contributed by atoms with Crippen LogP contribution < -0.4 is 10.9 Å². The smallest absolute Gasteiger partial charge is 0.255 e. The van der Waals surface area contributed by atoms with Crippen molar-refractivity contribution in [2.75, 3.05) is 0 Å². The summed E-state index contributed by atoms with van der Waals surface area (Å²) >= 11 is 0. The highest BCUT2D eigenvalue weighted by molar-refractivity contribution is 5.88. The predicted molar refractivity (Wildman–Crippen MR) is 126 cm³/mol. The van der Waals surface area contributed by atoms with Crippen molar-refractivity contribution < 1.29 is 0 Å². The molecule has 2 atom stereocenters. The van der Waals surface area contributed by atoms with Crippen LogP contribution in [0.25, 0.3) is 27.7 Å². The van der Waals surface area contributed by atoms with Gasteiger partial charge in [0.25, 0.3) is 5.56 Å². The second kappa shape index (κ2) is 7.36. The van der Waals surface area contributed by atoms with Crippen molar-refractivity contribution in [2.45, 2.75) is 38.3 Å². The number of fused-ring (bicyclic) bond motifs is 6. The number of aryl methyl sites for hydroxylation is 2. The van der Waals surface area contributed by atoms with Crippen molar-refractivity contribution in [1.29, 1.82) is 0 Å². The van der Waals surface area contributed by atoms with E-state index in [0.29, 0.717) is 12.1 Å². The Morgan fingerprint density at radius 3 is 2.71 bits per heavy atom. The Morgan fingerprint density at radius 1 is 1.06 bits per heavy atom. The minimum atomic E-state index is -0.0351. The lowest BCUT2D eigenvalue weighted by Gasteiger charge is -2.23. The number of hydrogen-bond donors (Lipinski definition) is 1. The van der Waals surface area contributed by atoms with Gasteiger partial charge in [0.2, 0.25) is 0 Å². The van der Waals surface area contributed by atoms with Crippen LogP contribution in [0.1, 0.15) is 35.8 Å². The summed E-state index contributed by atoms with van der Waals surface area (Å²) in [6.07, 6.45) is 7.25. The third-order valence-electron chi connectivity index (χ3n) is 6.82. The molecule has 31 heavy (non-hydrogen) atoms. The normalized spacial score (nSPS) is 19.3. The molecule has 0 spiro atoms. The lowest BCUT2D eigenvalue weighted by Crippen LogP contribution is -2.32. The van der Waals surface area contributed by atoms with E-state index in [-0.39, 0.29) is 18.0 Å². The Hall–Kier alpha value is -2.89. The molecule has 0 aliphatic carbocycles. The van der Waals surface area contributed by atoms with Gasteiger partial charge in [-0.05, 0) is 55.2 Å². The summed E-state index contributed by atoms with van der Waals surface area (Å²) < 4.78 is 4.05. The fourth-order valence-corrected chi connectivity index (χ4v) is 5.24. The topological polar surface area (TPSA) is 51.9 Å². The van der Waals surface area contributed by atoms with Gasteiger partial charge in [-0.2, -0.15) is 0 Å². The van der Waals surface area contributed by atoms with Crippen LogP contribution >= 0.6 is 12.4 Å². The van der Waals surface area contributed by atoms with Crippen LogP contribution in [-0.4, -0.2) is 20.2 Å². The van der Waals surface area contributed by atoms with Crippen molar-refractivity contribution >= 4 is 23.3 Å². The fourth-order valence-electron chi connectivity index (χ4n) is 5.24. The minimum absolute atomic E-state index is 0. The second-order valence-electron chi connectivity index (χ2n) is 8.63. The highest BCUT2D eigenvalue weighted by Crippen LogP contribution is 2.41. The summed E-state index contributed by atoms with van der Waals surface area (Å²) in [4.78, 5) is 17.3. The quantitative estimate of drug-likeness (QED) is 0.508. The molecule has 2 aliphatic rings. The van der Waals surface area contributed by atoms with Gasteiger partial charge in [-0.25, -0.2) is 0 Å². The molecule has 3 aromatic heterocycles. The Bertz CT molecular complexity index is 1350. The van der Waals surface area contributed by atoms with Crippen molar-refractivity contribution in [3.63, 3.8) is 0 Å². The lowest BCUT2D eigenvalue weighted by molar-refractivity contribution is 0.504. The van der Waals surface area contributed by atoms with Gasteiger partial charge in [0.05, 0.1) is 11.2 Å². The van der Waals surface area contributed by atoms with Crippen molar-refractivity contribution in [1.82, 2.24) is 19.4 Å². The zero-order valence-corrected chi connectivity index (χ0v) is 18.4. The van der Waals surface area contributed by atoms with Gasteiger partial charge in [-0.15, -0.1) is 12.4 Å². The van der Waals surface area contributed by atoms with E-state index in [1.807, 2.05) is 37.5 Å². The number of pyridine rings is 2. The fraction of sp³-hybridized carbons (Fsp3) is 0.280. The molecule has 1 saturated heterocycles. The molecule has 158 valence electrons. The molecule has 0 saturated carbocycles. The maximum absolute atomic E-state index is 12.9. The highest BCUT2D eigenvalue weighted by Gasteiger charge is 2.35. The van der Waals surface area contributed by atoms with E-state index in [1.165, 1.54) is 35.0 Å². The number of nitrogens with zero attached hydrogens (tertiary/aromatic N) is 3. The molecular formula is C25H25ClN4O. The average Bonchev–Trinajstić information content (AvgIpc) is 3.27. The SMILES string of the molecule is Cc1ccc(-c2ccn(-c3ccc4c5c(n(C)c4c3)CC3CCC5N3)c(=O)c2)cn1.Cl. The molecule has 1 N–H and O–H groups in total. The first-order chi connectivity index (χ1) is 14.6. The monoisotopic (exact) mass is 432 g/mol. The highest BCUT2D eigenvalue weighted by atomic mass is 35.5. The Balaban J connectivity index is 0.00000204. The van der Waals surface area contributed by atoms with Crippen molar-refractivity contribution in [2.24, 2.45) is 7.05 Å². The van der Waals surface area contributed by atoms with E-state index in [9.17, 15) is 4.79 Å². The van der Waals surface area contributed by atoms with Gasteiger partial charge < -0.3 is 9.88 Å². The van der Waals surface area contributed by atoms with E-state index >= 15 is 0 Å². The molecular weight excluding hydrogens is 408 g/mol. The summed E-state index contributed by atoms with van der Waals surface area (Å²) in [6, 6.07) is 15.1. The summed E-state index contributed by atoms with van der Waals surface area (Å²) in [5.74, 6) is 0. The van der Waals surface area contributed by atoms with Gasteiger partial charge >= 0.3 is 0 Å². The van der Waals surface area contributed by atoms with Gasteiger partial charge in [0.15, 0.2) is 0 Å². The molecule has 1 aromatic carbocycles. The van der Waals surface area contributed by atoms with Crippen LogP contribution in [0.4, 0.5) is 0 Å². The average molecular weight is 433 g/mol. The largest absolute Gasteiger partial charge is 0.347 e. The van der Waals surface area contributed by atoms with Crippen molar-refractivity contribution in [3.8, 4) is 16.8 Å². The van der Waals surface area contributed by atoms with E-state index in [2.05, 4.69) is 40.1 Å². The molecule has 5 nitrogen and oxygen atoms in total. The molecule has 6 heteroatoms. The lowest BCUT2D eigenvalue weighted by atomic mass is 9.99. The number of nitrogens with one attached hydrogen (secondary N) is 1. The van der Waals surface area contributed by atoms with E-state index < -0.39 is 0 Å². The predicted octanol–water partition coefficient (Wildman–Crippen LogP) is 4.47. The van der Waals surface area contributed by atoms with Crippen LogP contribution in [0, 0.1) is 6.92 Å². The molecule has 2 bridgehead atoms. The third kappa shape index (κ3) is 3.11. The number of rotatable bonds is 2. The van der Waals surface area contributed by atoms with Crippen molar-refractivity contribution in [3.05, 3.63) is 82.2 Å². The second-order valence-corrected chi connectivity index (χ2v) is 8.63. The standard InChI is InChI=1S/C25H24N4O.ClH/c1-15-3-4-17(14-26-15)16-9-10-29(24(30)11-16)19-6-7-20-22(13-19)28(2)23-12-18-5-8-21(27-18)25(20)23;/h3-4,6-7,9-11,13-14,18,21,27H,5,8,12H2,1-2H3;1H. The first-order valence-corrected chi connectivity index (χ1v) is 10.6. The van der Waals surface area contributed by atoms with E-state index in [4.69, 9.17) is 0 Å². The van der Waals surface area contributed by atoms with E-state index in [1.54, 1.807) is 10.6 Å².